The number of aliphatic hydroxyl groups is 1. The van der Waals surface area contributed by atoms with Crippen LogP contribution in [-0.4, -0.2) is 44.4 Å². The Balaban J connectivity index is 1.67. The van der Waals surface area contributed by atoms with E-state index in [1.54, 1.807) is 34.8 Å². The van der Waals surface area contributed by atoms with Crippen LogP contribution in [0, 0.1) is 0 Å². The fourth-order valence-corrected chi connectivity index (χ4v) is 3.76. The monoisotopic (exact) mass is 337 g/mol. The molecule has 3 rings (SSSR count). The first-order chi connectivity index (χ1) is 10.6. The second-order valence-electron chi connectivity index (χ2n) is 5.36. The van der Waals surface area contributed by atoms with Gasteiger partial charge in [0.1, 0.15) is 0 Å². The van der Waals surface area contributed by atoms with Gasteiger partial charge in [0.05, 0.1) is 23.0 Å². The summed E-state index contributed by atoms with van der Waals surface area (Å²) in [4.78, 5) is 12.1. The minimum absolute atomic E-state index is 0.237. The molecule has 0 radical (unpaired) electrons. The molecule has 0 bridgehead atoms. The summed E-state index contributed by atoms with van der Waals surface area (Å²) < 4.78 is 1.60. The summed E-state index contributed by atoms with van der Waals surface area (Å²) in [5, 5.41) is 17.8. The number of amides is 1. The number of hydrogen-bond acceptors (Lipinski definition) is 4. The van der Waals surface area contributed by atoms with Crippen molar-refractivity contribution in [2.45, 2.75) is 12.0 Å². The summed E-state index contributed by atoms with van der Waals surface area (Å²) in [7, 11) is 0. The van der Waals surface area contributed by atoms with Crippen LogP contribution in [0.25, 0.3) is 5.69 Å². The van der Waals surface area contributed by atoms with Crippen molar-refractivity contribution < 1.29 is 9.90 Å². The van der Waals surface area contributed by atoms with Crippen LogP contribution in [0.5, 0.6) is 0 Å². The molecule has 1 aromatic heterocycles. The molecule has 116 valence electrons. The molecule has 1 saturated heterocycles. The highest BCUT2D eigenvalue weighted by Crippen LogP contribution is 2.27. The molecule has 5 nitrogen and oxygen atoms in total. The molecule has 1 fully saturated rings. The molecule has 1 amide bonds. The molecule has 2 aromatic rings. The maximum Gasteiger partial charge on any atom is 0.254 e. The van der Waals surface area contributed by atoms with Crippen molar-refractivity contribution in [2.24, 2.45) is 0 Å². The summed E-state index contributed by atoms with van der Waals surface area (Å²) in [6.07, 6.45) is 3.86. The van der Waals surface area contributed by atoms with Crippen molar-refractivity contribution in [3.8, 4) is 5.69 Å². The van der Waals surface area contributed by atoms with Crippen molar-refractivity contribution >= 4 is 29.3 Å². The van der Waals surface area contributed by atoms with E-state index in [2.05, 4.69) is 10.4 Å². The van der Waals surface area contributed by atoms with Crippen LogP contribution in [0.4, 0.5) is 0 Å². The van der Waals surface area contributed by atoms with Gasteiger partial charge in [-0.1, -0.05) is 17.7 Å². The number of carbonyl (C=O) groups excluding carboxylic acids is 1. The Kier molecular flexibility index (Phi) is 4.42. The van der Waals surface area contributed by atoms with Crippen molar-refractivity contribution in [3.63, 3.8) is 0 Å². The molecular weight excluding hydrogens is 322 g/mol. The van der Waals surface area contributed by atoms with Gasteiger partial charge in [0.25, 0.3) is 5.91 Å². The predicted molar refractivity (Wildman–Crippen MR) is 87.8 cm³/mol. The molecule has 1 aliphatic heterocycles. The summed E-state index contributed by atoms with van der Waals surface area (Å²) >= 11 is 7.65. The van der Waals surface area contributed by atoms with Gasteiger partial charge in [-0.3, -0.25) is 4.79 Å². The minimum Gasteiger partial charge on any atom is -0.387 e. The number of thioether (sulfide) groups is 1. The zero-order valence-corrected chi connectivity index (χ0v) is 13.4. The quantitative estimate of drug-likeness (QED) is 0.897. The standard InChI is InChI=1S/C15H16ClN3O2S/c16-12-2-1-3-13(6-12)19-8-11(7-18-19)14(20)17-9-15(21)4-5-22-10-15/h1-3,6-8,21H,4-5,9-10H2,(H,17,20). The van der Waals surface area contributed by atoms with E-state index in [4.69, 9.17) is 11.6 Å². The number of nitrogens with one attached hydrogen (secondary N) is 1. The SMILES string of the molecule is O=C(NCC1(O)CCSC1)c1cnn(-c2cccc(Cl)c2)c1. The average molecular weight is 338 g/mol. The predicted octanol–water partition coefficient (Wildman–Crippen LogP) is 2.12. The molecule has 1 aliphatic rings. The Labute approximate surface area is 137 Å². The fourth-order valence-electron chi connectivity index (χ4n) is 2.28. The Morgan fingerprint density at radius 1 is 1.55 bits per heavy atom. The van der Waals surface area contributed by atoms with Crippen LogP contribution in [0.1, 0.15) is 16.8 Å². The maximum atomic E-state index is 12.1. The number of rotatable bonds is 4. The molecule has 7 heteroatoms. The zero-order valence-electron chi connectivity index (χ0n) is 11.8. The Morgan fingerprint density at radius 2 is 2.41 bits per heavy atom. The fraction of sp³-hybridized carbons (Fsp3) is 0.333. The molecule has 1 atom stereocenters. The Morgan fingerprint density at radius 3 is 3.14 bits per heavy atom. The lowest BCUT2D eigenvalue weighted by Crippen LogP contribution is -2.42. The van der Waals surface area contributed by atoms with E-state index in [9.17, 15) is 9.90 Å². The third kappa shape index (κ3) is 3.45. The van der Waals surface area contributed by atoms with Gasteiger partial charge in [-0.05, 0) is 30.4 Å². The van der Waals surface area contributed by atoms with Gasteiger partial charge in [0.15, 0.2) is 0 Å². The van der Waals surface area contributed by atoms with Crippen LogP contribution in [0.2, 0.25) is 5.02 Å². The van der Waals surface area contributed by atoms with E-state index in [-0.39, 0.29) is 12.5 Å². The van der Waals surface area contributed by atoms with Crippen molar-refractivity contribution in [1.82, 2.24) is 15.1 Å². The second kappa shape index (κ2) is 6.32. The highest BCUT2D eigenvalue weighted by molar-refractivity contribution is 7.99. The molecule has 1 unspecified atom stereocenters. The van der Waals surface area contributed by atoms with Crippen LogP contribution in [0.3, 0.4) is 0 Å². The third-order valence-electron chi connectivity index (χ3n) is 3.58. The van der Waals surface area contributed by atoms with E-state index in [1.165, 1.54) is 6.20 Å². The lowest BCUT2D eigenvalue weighted by Gasteiger charge is -2.21. The maximum absolute atomic E-state index is 12.1. The molecular formula is C15H16ClN3O2S. The van der Waals surface area contributed by atoms with Gasteiger partial charge >= 0.3 is 0 Å². The number of halogens is 1. The summed E-state index contributed by atoms with van der Waals surface area (Å²) in [6.45, 7) is 0.265. The number of benzene rings is 1. The van der Waals surface area contributed by atoms with Gasteiger partial charge in [-0.25, -0.2) is 4.68 Å². The van der Waals surface area contributed by atoms with Crippen LogP contribution >= 0.6 is 23.4 Å². The number of nitrogens with zero attached hydrogens (tertiary/aromatic N) is 2. The number of hydrogen-bond donors (Lipinski definition) is 2. The van der Waals surface area contributed by atoms with Gasteiger partial charge in [-0.2, -0.15) is 16.9 Å². The van der Waals surface area contributed by atoms with Gasteiger partial charge in [0, 0.05) is 23.5 Å². The first-order valence-electron chi connectivity index (χ1n) is 6.95. The Bertz CT molecular complexity index is 683. The smallest absolute Gasteiger partial charge is 0.254 e. The van der Waals surface area contributed by atoms with Crippen LogP contribution in [-0.2, 0) is 0 Å². The molecule has 0 saturated carbocycles. The van der Waals surface area contributed by atoms with E-state index in [1.807, 2.05) is 12.1 Å². The topological polar surface area (TPSA) is 67.2 Å². The van der Waals surface area contributed by atoms with E-state index in [0.29, 0.717) is 22.8 Å². The molecule has 2 N–H and O–H groups in total. The molecule has 1 aromatic carbocycles. The van der Waals surface area contributed by atoms with E-state index in [0.717, 1.165) is 11.4 Å². The summed E-state index contributed by atoms with van der Waals surface area (Å²) in [5.74, 6) is 1.35. The number of carbonyl (C=O) groups is 1. The largest absolute Gasteiger partial charge is 0.387 e. The summed E-state index contributed by atoms with van der Waals surface area (Å²) in [5.41, 5.74) is 0.454. The second-order valence-corrected chi connectivity index (χ2v) is 6.90. The van der Waals surface area contributed by atoms with Crippen molar-refractivity contribution in [2.75, 3.05) is 18.1 Å². The first-order valence-corrected chi connectivity index (χ1v) is 8.48. The Hall–Kier alpha value is -1.50. The number of aromatic nitrogens is 2. The molecule has 0 spiro atoms. The molecule has 22 heavy (non-hydrogen) atoms. The van der Waals surface area contributed by atoms with Crippen LogP contribution < -0.4 is 5.32 Å². The molecule has 2 heterocycles. The lowest BCUT2D eigenvalue weighted by atomic mass is 10.0. The van der Waals surface area contributed by atoms with E-state index < -0.39 is 5.60 Å². The lowest BCUT2D eigenvalue weighted by molar-refractivity contribution is 0.0612. The van der Waals surface area contributed by atoms with Crippen molar-refractivity contribution in [1.29, 1.82) is 0 Å². The normalized spacial score (nSPS) is 21.0. The van der Waals surface area contributed by atoms with Gasteiger partial charge < -0.3 is 10.4 Å². The average Bonchev–Trinajstić information content (AvgIpc) is 3.15. The summed E-state index contributed by atoms with van der Waals surface area (Å²) in [6, 6.07) is 7.24. The van der Waals surface area contributed by atoms with Crippen molar-refractivity contribution in [3.05, 3.63) is 47.2 Å². The van der Waals surface area contributed by atoms with Gasteiger partial charge in [-0.15, -0.1) is 0 Å². The zero-order chi connectivity index (χ0) is 15.6. The third-order valence-corrected chi connectivity index (χ3v) is 5.05. The van der Waals surface area contributed by atoms with E-state index >= 15 is 0 Å². The molecule has 0 aliphatic carbocycles. The highest BCUT2D eigenvalue weighted by atomic mass is 35.5. The van der Waals surface area contributed by atoms with Gasteiger partial charge in [0.2, 0.25) is 0 Å². The van der Waals surface area contributed by atoms with Crippen LogP contribution in [0.15, 0.2) is 36.7 Å². The first kappa shape index (κ1) is 15.4. The minimum atomic E-state index is -0.788. The highest BCUT2D eigenvalue weighted by Gasteiger charge is 2.32.